The van der Waals surface area contributed by atoms with E-state index in [0.29, 0.717) is 0 Å². The van der Waals surface area contributed by atoms with Crippen LogP contribution in [0.15, 0.2) is 0 Å². The Labute approximate surface area is 102 Å². The Morgan fingerprint density at radius 2 is 1.87 bits per heavy atom. The molecule has 0 N–H and O–H groups in total. The monoisotopic (exact) mass is 233 g/mol. The quantitative estimate of drug-likeness (QED) is 0.599. The van der Waals surface area contributed by atoms with Gasteiger partial charge in [-0.2, -0.15) is 0 Å². The predicted molar refractivity (Wildman–Crippen MR) is 70.8 cm³/mol. The molecule has 0 aliphatic carbocycles. The van der Waals surface area contributed by atoms with Crippen molar-refractivity contribution in [2.24, 2.45) is 5.92 Å². The summed E-state index contributed by atoms with van der Waals surface area (Å²) in [6.07, 6.45) is 9.92. The van der Waals surface area contributed by atoms with Gasteiger partial charge in [-0.25, -0.2) is 0 Å². The average molecular weight is 234 g/mol. The number of rotatable bonds is 7. The fourth-order valence-corrected chi connectivity index (χ4v) is 2.52. The maximum Gasteiger partial charge on any atom is 0.00101 e. The minimum atomic E-state index is 0. The third kappa shape index (κ3) is 6.42. The topological polar surface area (TPSA) is 3.24 Å². The first-order chi connectivity index (χ1) is 6.86. The largest absolute Gasteiger partial charge is 0.303 e. The van der Waals surface area contributed by atoms with E-state index in [1.54, 1.807) is 0 Å². The van der Waals surface area contributed by atoms with E-state index in [2.05, 4.69) is 18.7 Å². The zero-order valence-corrected chi connectivity index (χ0v) is 11.3. The Morgan fingerprint density at radius 1 is 1.07 bits per heavy atom. The normalized spacial score (nSPS) is 21.6. The van der Waals surface area contributed by atoms with Crippen molar-refractivity contribution in [2.75, 3.05) is 19.6 Å². The minimum Gasteiger partial charge on any atom is -0.303 e. The summed E-state index contributed by atoms with van der Waals surface area (Å²) < 4.78 is 0. The van der Waals surface area contributed by atoms with Crippen LogP contribution in [0.5, 0.6) is 0 Å². The summed E-state index contributed by atoms with van der Waals surface area (Å²) in [6, 6.07) is 0. The molecule has 1 aliphatic heterocycles. The molecule has 1 aliphatic rings. The second-order valence-electron chi connectivity index (χ2n) is 4.80. The molecule has 0 saturated carbocycles. The van der Waals surface area contributed by atoms with Gasteiger partial charge in [-0.05, 0) is 38.3 Å². The first-order valence-electron chi connectivity index (χ1n) is 6.59. The number of nitrogens with zero attached hydrogens (tertiary/aromatic N) is 1. The lowest BCUT2D eigenvalue weighted by Crippen LogP contribution is -2.21. The first-order valence-corrected chi connectivity index (χ1v) is 6.59. The number of unbranched alkanes of at least 4 members (excludes halogenated alkanes) is 3. The van der Waals surface area contributed by atoms with Gasteiger partial charge >= 0.3 is 0 Å². The molecule has 2 heteroatoms. The molecule has 1 atom stereocenters. The van der Waals surface area contributed by atoms with E-state index in [1.807, 2.05) is 0 Å². The van der Waals surface area contributed by atoms with Crippen molar-refractivity contribution >= 4 is 12.4 Å². The summed E-state index contributed by atoms with van der Waals surface area (Å²) in [7, 11) is 0. The van der Waals surface area contributed by atoms with Crippen LogP contribution in [0.1, 0.15) is 58.8 Å². The predicted octanol–water partition coefficient (Wildman–Crippen LogP) is 4.11. The van der Waals surface area contributed by atoms with Gasteiger partial charge in [0.05, 0.1) is 0 Å². The standard InChI is InChI=1S/C13H27N.ClH/c1-3-5-6-7-10-14-11-9-13(12-14)8-4-2;/h13H,3-12H2,1-2H3;1H. The highest BCUT2D eigenvalue weighted by Gasteiger charge is 2.20. The third-order valence-electron chi connectivity index (χ3n) is 3.39. The fourth-order valence-electron chi connectivity index (χ4n) is 2.52. The van der Waals surface area contributed by atoms with Crippen molar-refractivity contribution in [1.29, 1.82) is 0 Å². The molecule has 0 aromatic heterocycles. The van der Waals surface area contributed by atoms with E-state index in [-0.39, 0.29) is 12.4 Å². The van der Waals surface area contributed by atoms with Gasteiger partial charge < -0.3 is 4.90 Å². The van der Waals surface area contributed by atoms with E-state index < -0.39 is 0 Å². The molecule has 15 heavy (non-hydrogen) atoms. The average Bonchev–Trinajstić information content (AvgIpc) is 2.61. The molecule has 0 radical (unpaired) electrons. The van der Waals surface area contributed by atoms with Gasteiger partial charge in [0.2, 0.25) is 0 Å². The Bertz CT molecular complexity index is 138. The van der Waals surface area contributed by atoms with Crippen molar-refractivity contribution in [3.05, 3.63) is 0 Å². The van der Waals surface area contributed by atoms with Gasteiger partial charge in [-0.3, -0.25) is 0 Å². The highest BCUT2D eigenvalue weighted by atomic mass is 35.5. The molecule has 92 valence electrons. The molecular weight excluding hydrogens is 206 g/mol. The molecule has 1 nitrogen and oxygen atoms in total. The van der Waals surface area contributed by atoms with Gasteiger partial charge in [0.25, 0.3) is 0 Å². The van der Waals surface area contributed by atoms with E-state index in [9.17, 15) is 0 Å². The third-order valence-corrected chi connectivity index (χ3v) is 3.39. The van der Waals surface area contributed by atoms with Crippen LogP contribution in [0.2, 0.25) is 0 Å². The van der Waals surface area contributed by atoms with Crippen molar-refractivity contribution < 1.29 is 0 Å². The Balaban J connectivity index is 0.00000196. The van der Waals surface area contributed by atoms with E-state index in [4.69, 9.17) is 0 Å². The molecule has 1 saturated heterocycles. The lowest BCUT2D eigenvalue weighted by atomic mass is 10.0. The zero-order valence-electron chi connectivity index (χ0n) is 10.5. The molecule has 0 amide bonds. The second kappa shape index (κ2) is 9.47. The Hall–Kier alpha value is 0.250. The summed E-state index contributed by atoms with van der Waals surface area (Å²) in [4.78, 5) is 2.68. The second-order valence-corrected chi connectivity index (χ2v) is 4.80. The molecule has 0 aromatic rings. The highest BCUT2D eigenvalue weighted by molar-refractivity contribution is 5.85. The molecule has 1 heterocycles. The molecular formula is C13H28ClN. The van der Waals surface area contributed by atoms with Gasteiger partial charge in [-0.15, -0.1) is 12.4 Å². The molecule has 0 spiro atoms. The van der Waals surface area contributed by atoms with Crippen molar-refractivity contribution in [2.45, 2.75) is 58.8 Å². The summed E-state index contributed by atoms with van der Waals surface area (Å²) >= 11 is 0. The van der Waals surface area contributed by atoms with Crippen LogP contribution in [0.25, 0.3) is 0 Å². The van der Waals surface area contributed by atoms with Crippen LogP contribution in [-0.4, -0.2) is 24.5 Å². The Morgan fingerprint density at radius 3 is 2.53 bits per heavy atom. The van der Waals surface area contributed by atoms with Crippen molar-refractivity contribution in [3.8, 4) is 0 Å². The summed E-state index contributed by atoms with van der Waals surface area (Å²) in [5.41, 5.74) is 0. The van der Waals surface area contributed by atoms with E-state index in [0.717, 1.165) is 5.92 Å². The molecule has 0 aromatic carbocycles. The number of likely N-dealkylation sites (tertiary alicyclic amines) is 1. The maximum atomic E-state index is 2.68. The summed E-state index contributed by atoms with van der Waals surface area (Å²) in [5.74, 6) is 1.02. The van der Waals surface area contributed by atoms with E-state index >= 15 is 0 Å². The van der Waals surface area contributed by atoms with Crippen LogP contribution in [0.4, 0.5) is 0 Å². The summed E-state index contributed by atoms with van der Waals surface area (Å²) in [6.45, 7) is 8.72. The van der Waals surface area contributed by atoms with Gasteiger partial charge in [-0.1, -0.05) is 39.5 Å². The molecule has 1 fully saturated rings. The van der Waals surface area contributed by atoms with Crippen LogP contribution in [0, 0.1) is 5.92 Å². The number of hydrogen-bond acceptors (Lipinski definition) is 1. The van der Waals surface area contributed by atoms with E-state index in [1.165, 1.54) is 64.6 Å². The smallest absolute Gasteiger partial charge is 0.00101 e. The van der Waals surface area contributed by atoms with Crippen molar-refractivity contribution in [1.82, 2.24) is 4.90 Å². The minimum absolute atomic E-state index is 0. The SMILES string of the molecule is CCCCCCN1CCC(CCC)C1.Cl. The molecule has 1 rings (SSSR count). The Kier molecular flexibility index (Phi) is 9.63. The van der Waals surface area contributed by atoms with Crippen LogP contribution in [0.3, 0.4) is 0 Å². The van der Waals surface area contributed by atoms with Crippen LogP contribution >= 0.6 is 12.4 Å². The van der Waals surface area contributed by atoms with Crippen molar-refractivity contribution in [3.63, 3.8) is 0 Å². The summed E-state index contributed by atoms with van der Waals surface area (Å²) in [5, 5.41) is 0. The molecule has 0 bridgehead atoms. The van der Waals surface area contributed by atoms with Gasteiger partial charge in [0.15, 0.2) is 0 Å². The number of hydrogen-bond donors (Lipinski definition) is 0. The van der Waals surface area contributed by atoms with Crippen LogP contribution < -0.4 is 0 Å². The lowest BCUT2D eigenvalue weighted by Gasteiger charge is -2.15. The van der Waals surface area contributed by atoms with Gasteiger partial charge in [0.1, 0.15) is 0 Å². The van der Waals surface area contributed by atoms with Crippen LogP contribution in [-0.2, 0) is 0 Å². The first kappa shape index (κ1) is 15.2. The fraction of sp³-hybridized carbons (Fsp3) is 1.00. The maximum absolute atomic E-state index is 2.68. The lowest BCUT2D eigenvalue weighted by molar-refractivity contribution is 0.311. The highest BCUT2D eigenvalue weighted by Crippen LogP contribution is 2.21. The zero-order chi connectivity index (χ0) is 10.2. The molecule has 1 unspecified atom stereocenters. The van der Waals surface area contributed by atoms with Gasteiger partial charge in [0, 0.05) is 6.54 Å². The number of halogens is 1.